The van der Waals surface area contributed by atoms with Gasteiger partial charge in [0.05, 0.1) is 19.8 Å². The molecular weight excluding hydrogens is 270 g/mol. The Kier molecular flexibility index (Phi) is 4.22. The second-order valence-corrected chi connectivity index (χ2v) is 5.09. The molecule has 2 aromatic rings. The van der Waals surface area contributed by atoms with Gasteiger partial charge in [0.2, 0.25) is 5.76 Å². The summed E-state index contributed by atoms with van der Waals surface area (Å²) >= 11 is 0. The Hall–Kier alpha value is -1.85. The van der Waals surface area contributed by atoms with Crippen LogP contribution in [0.4, 0.5) is 0 Å². The Morgan fingerprint density at radius 1 is 1.29 bits per heavy atom. The van der Waals surface area contributed by atoms with E-state index in [-0.39, 0.29) is 5.76 Å². The van der Waals surface area contributed by atoms with E-state index in [0.717, 1.165) is 38.2 Å². The minimum atomic E-state index is -0.413. The minimum absolute atomic E-state index is 0.260. The summed E-state index contributed by atoms with van der Waals surface area (Å²) in [6, 6.07) is 7.76. The van der Waals surface area contributed by atoms with Crippen LogP contribution in [0.2, 0.25) is 0 Å². The lowest BCUT2D eigenvalue weighted by Gasteiger charge is -2.26. The van der Waals surface area contributed by atoms with Gasteiger partial charge in [0.15, 0.2) is 0 Å². The zero-order chi connectivity index (χ0) is 14.7. The van der Waals surface area contributed by atoms with E-state index in [4.69, 9.17) is 13.9 Å². The molecule has 0 bridgehead atoms. The third kappa shape index (κ3) is 3.25. The maximum Gasteiger partial charge on any atom is 0.374 e. The van der Waals surface area contributed by atoms with Gasteiger partial charge >= 0.3 is 5.97 Å². The van der Waals surface area contributed by atoms with Gasteiger partial charge in [0.25, 0.3) is 0 Å². The zero-order valence-corrected chi connectivity index (χ0v) is 12.1. The molecule has 5 nitrogen and oxygen atoms in total. The lowest BCUT2D eigenvalue weighted by molar-refractivity contribution is 0.0342. The van der Waals surface area contributed by atoms with E-state index in [9.17, 15) is 4.79 Å². The van der Waals surface area contributed by atoms with Gasteiger partial charge in [0.1, 0.15) is 5.58 Å². The highest BCUT2D eigenvalue weighted by atomic mass is 16.5. The summed E-state index contributed by atoms with van der Waals surface area (Å²) in [4.78, 5) is 14.0. The molecule has 21 heavy (non-hydrogen) atoms. The molecule has 0 aliphatic carbocycles. The number of morpholine rings is 1. The molecule has 1 aromatic carbocycles. The number of carbonyl (C=O) groups is 1. The summed E-state index contributed by atoms with van der Waals surface area (Å²) in [5.74, 6) is -0.154. The van der Waals surface area contributed by atoms with Crippen LogP contribution in [0.3, 0.4) is 0 Å². The van der Waals surface area contributed by atoms with Crippen LogP contribution in [-0.4, -0.2) is 43.8 Å². The molecule has 0 saturated carbocycles. The van der Waals surface area contributed by atoms with Crippen LogP contribution in [0.15, 0.2) is 28.7 Å². The van der Waals surface area contributed by atoms with Crippen molar-refractivity contribution in [3.63, 3.8) is 0 Å². The van der Waals surface area contributed by atoms with Crippen molar-refractivity contribution in [1.29, 1.82) is 0 Å². The average molecular weight is 289 g/mol. The Bertz CT molecular complexity index is 628. The van der Waals surface area contributed by atoms with Gasteiger partial charge in [-0.05, 0) is 30.7 Å². The fourth-order valence-corrected chi connectivity index (χ4v) is 2.51. The molecule has 5 heteroatoms. The molecule has 112 valence electrons. The van der Waals surface area contributed by atoms with E-state index < -0.39 is 5.97 Å². The van der Waals surface area contributed by atoms with Crippen LogP contribution in [0.25, 0.3) is 11.0 Å². The number of ether oxygens (including phenoxy) is 2. The fraction of sp³-hybridized carbons (Fsp3) is 0.438. The standard InChI is InChI=1S/C16H19NO4/c1-2-20-16(18)15-10-13-9-12(3-4-14(13)21-15)11-17-5-7-19-8-6-17/h3-4,9-10H,2,5-8,11H2,1H3. The molecule has 1 aromatic heterocycles. The molecule has 1 fully saturated rings. The molecule has 0 radical (unpaired) electrons. The number of carbonyl (C=O) groups excluding carboxylic acids is 1. The van der Waals surface area contributed by atoms with Crippen LogP contribution >= 0.6 is 0 Å². The first kappa shape index (κ1) is 14.1. The van der Waals surface area contributed by atoms with Crippen molar-refractivity contribution < 1.29 is 18.7 Å². The van der Waals surface area contributed by atoms with Crippen LogP contribution in [0, 0.1) is 0 Å². The SMILES string of the molecule is CCOC(=O)c1cc2cc(CN3CCOCC3)ccc2o1. The van der Waals surface area contributed by atoms with Crippen molar-refractivity contribution in [2.24, 2.45) is 0 Å². The van der Waals surface area contributed by atoms with Crippen LogP contribution in [0.5, 0.6) is 0 Å². The van der Waals surface area contributed by atoms with Crippen molar-refractivity contribution in [2.45, 2.75) is 13.5 Å². The maximum absolute atomic E-state index is 11.7. The number of nitrogens with zero attached hydrogens (tertiary/aromatic N) is 1. The van der Waals surface area contributed by atoms with Crippen LogP contribution in [-0.2, 0) is 16.0 Å². The maximum atomic E-state index is 11.7. The highest BCUT2D eigenvalue weighted by Gasteiger charge is 2.15. The number of hydrogen-bond acceptors (Lipinski definition) is 5. The largest absolute Gasteiger partial charge is 0.460 e. The molecule has 1 saturated heterocycles. The van der Waals surface area contributed by atoms with Crippen molar-refractivity contribution in [3.8, 4) is 0 Å². The summed E-state index contributed by atoms with van der Waals surface area (Å²) in [5.41, 5.74) is 1.92. The van der Waals surface area contributed by atoms with E-state index in [1.165, 1.54) is 5.56 Å². The molecule has 2 heterocycles. The molecule has 0 N–H and O–H groups in total. The molecule has 0 atom stereocenters. The summed E-state index contributed by atoms with van der Waals surface area (Å²) in [6.45, 7) is 6.51. The third-order valence-corrected chi connectivity index (χ3v) is 3.57. The Balaban J connectivity index is 1.77. The van der Waals surface area contributed by atoms with Gasteiger partial charge in [-0.15, -0.1) is 0 Å². The second kappa shape index (κ2) is 6.28. The van der Waals surface area contributed by atoms with Crippen LogP contribution < -0.4 is 0 Å². The number of benzene rings is 1. The van der Waals surface area contributed by atoms with E-state index in [1.807, 2.05) is 12.1 Å². The molecule has 0 unspecified atom stereocenters. The van der Waals surface area contributed by atoms with Gasteiger partial charge < -0.3 is 13.9 Å². The molecule has 3 rings (SSSR count). The number of furan rings is 1. The van der Waals surface area contributed by atoms with Crippen molar-refractivity contribution >= 4 is 16.9 Å². The van der Waals surface area contributed by atoms with Gasteiger partial charge in [-0.2, -0.15) is 0 Å². The first-order valence-electron chi connectivity index (χ1n) is 7.26. The molecule has 1 aliphatic heterocycles. The van der Waals surface area contributed by atoms with E-state index in [2.05, 4.69) is 11.0 Å². The Morgan fingerprint density at radius 3 is 2.86 bits per heavy atom. The number of esters is 1. The average Bonchev–Trinajstić information content (AvgIpc) is 2.92. The van der Waals surface area contributed by atoms with Gasteiger partial charge in [-0.3, -0.25) is 4.90 Å². The minimum Gasteiger partial charge on any atom is -0.460 e. The third-order valence-electron chi connectivity index (χ3n) is 3.57. The number of fused-ring (bicyclic) bond motifs is 1. The van der Waals surface area contributed by atoms with Gasteiger partial charge in [-0.25, -0.2) is 4.79 Å². The van der Waals surface area contributed by atoms with Crippen LogP contribution in [0.1, 0.15) is 23.0 Å². The van der Waals surface area contributed by atoms with E-state index in [0.29, 0.717) is 12.2 Å². The van der Waals surface area contributed by atoms with Crippen molar-refractivity contribution in [1.82, 2.24) is 4.90 Å². The van der Waals surface area contributed by atoms with Crippen molar-refractivity contribution in [2.75, 3.05) is 32.9 Å². The van der Waals surface area contributed by atoms with Gasteiger partial charge in [0, 0.05) is 25.0 Å². The lowest BCUT2D eigenvalue weighted by Crippen LogP contribution is -2.35. The molecule has 1 aliphatic rings. The topological polar surface area (TPSA) is 51.9 Å². The fourth-order valence-electron chi connectivity index (χ4n) is 2.51. The first-order chi connectivity index (χ1) is 10.3. The summed E-state index contributed by atoms with van der Waals surface area (Å²) in [6.07, 6.45) is 0. The lowest BCUT2D eigenvalue weighted by atomic mass is 10.1. The predicted molar refractivity (Wildman–Crippen MR) is 78.3 cm³/mol. The van der Waals surface area contributed by atoms with Gasteiger partial charge in [-0.1, -0.05) is 6.07 Å². The summed E-state index contributed by atoms with van der Waals surface area (Å²) in [5, 5.41) is 0.934. The zero-order valence-electron chi connectivity index (χ0n) is 12.1. The highest BCUT2D eigenvalue weighted by molar-refractivity contribution is 5.92. The highest BCUT2D eigenvalue weighted by Crippen LogP contribution is 2.22. The Labute approximate surface area is 123 Å². The monoisotopic (exact) mass is 289 g/mol. The number of hydrogen-bond donors (Lipinski definition) is 0. The van der Waals surface area contributed by atoms with E-state index >= 15 is 0 Å². The predicted octanol–water partition coefficient (Wildman–Crippen LogP) is 2.44. The smallest absolute Gasteiger partial charge is 0.374 e. The molecular formula is C16H19NO4. The Morgan fingerprint density at radius 2 is 2.10 bits per heavy atom. The summed E-state index contributed by atoms with van der Waals surface area (Å²) < 4.78 is 15.8. The molecule has 0 amide bonds. The quantitative estimate of drug-likeness (QED) is 0.809. The molecule has 0 spiro atoms. The summed E-state index contributed by atoms with van der Waals surface area (Å²) in [7, 11) is 0. The first-order valence-corrected chi connectivity index (χ1v) is 7.26. The number of rotatable bonds is 4. The van der Waals surface area contributed by atoms with Crippen molar-refractivity contribution in [3.05, 3.63) is 35.6 Å². The normalized spacial score (nSPS) is 16.2. The second-order valence-electron chi connectivity index (χ2n) is 5.09. The van der Waals surface area contributed by atoms with E-state index in [1.54, 1.807) is 13.0 Å².